The molecule has 0 spiro atoms. The van der Waals surface area contributed by atoms with Crippen LogP contribution in [-0.4, -0.2) is 24.7 Å². The Morgan fingerprint density at radius 3 is 2.25 bits per heavy atom. The zero-order chi connectivity index (χ0) is 17.4. The zero-order valence-corrected chi connectivity index (χ0v) is 14.7. The summed E-state index contributed by atoms with van der Waals surface area (Å²) in [6, 6.07) is 12.5. The maximum atomic E-state index is 9.49. The van der Waals surface area contributed by atoms with Gasteiger partial charge in [-0.2, -0.15) is 5.26 Å². The van der Waals surface area contributed by atoms with E-state index >= 15 is 0 Å². The fourth-order valence-electron chi connectivity index (χ4n) is 2.80. The van der Waals surface area contributed by atoms with Crippen LogP contribution in [0.5, 0.6) is 5.88 Å². The molecule has 2 rings (SSSR count). The first kappa shape index (κ1) is 17.8. The molecule has 1 heterocycles. The number of nitrogens with zero attached hydrogens (tertiary/aromatic N) is 3. The van der Waals surface area contributed by atoms with Crippen LogP contribution in [-0.2, 0) is 0 Å². The van der Waals surface area contributed by atoms with Crippen LogP contribution in [0.25, 0.3) is 11.1 Å². The molecule has 1 aromatic carbocycles. The standard InChI is InChI=1S/C20H25N3O/c1-4-13-23(14-5-2)17-9-7-16(8-10-17)18-11-12-22-20(24-6-3)19(18)15-21/h7-12H,4-6,13-14H2,1-3H3. The topological polar surface area (TPSA) is 49.2 Å². The Labute approximate surface area is 144 Å². The van der Waals surface area contributed by atoms with Crippen molar-refractivity contribution in [3.8, 4) is 23.1 Å². The van der Waals surface area contributed by atoms with Crippen LogP contribution in [0, 0.1) is 11.3 Å². The van der Waals surface area contributed by atoms with Crippen molar-refractivity contribution in [3.63, 3.8) is 0 Å². The van der Waals surface area contributed by atoms with E-state index in [2.05, 4.69) is 54.1 Å². The lowest BCUT2D eigenvalue weighted by Gasteiger charge is -2.24. The van der Waals surface area contributed by atoms with Crippen molar-refractivity contribution in [1.82, 2.24) is 4.98 Å². The first-order chi connectivity index (χ1) is 11.7. The van der Waals surface area contributed by atoms with E-state index < -0.39 is 0 Å². The van der Waals surface area contributed by atoms with Crippen LogP contribution >= 0.6 is 0 Å². The Hall–Kier alpha value is -2.54. The molecule has 0 aliphatic heterocycles. The third kappa shape index (κ3) is 4.05. The molecule has 0 radical (unpaired) electrons. The number of pyridine rings is 1. The Morgan fingerprint density at radius 1 is 1.04 bits per heavy atom. The SMILES string of the molecule is CCCN(CCC)c1ccc(-c2ccnc(OCC)c2C#N)cc1. The molecule has 24 heavy (non-hydrogen) atoms. The van der Waals surface area contributed by atoms with Gasteiger partial charge in [-0.3, -0.25) is 0 Å². The lowest BCUT2D eigenvalue weighted by atomic mass is 10.0. The van der Waals surface area contributed by atoms with Gasteiger partial charge in [0.2, 0.25) is 5.88 Å². The number of aromatic nitrogens is 1. The highest BCUT2D eigenvalue weighted by Crippen LogP contribution is 2.30. The van der Waals surface area contributed by atoms with Gasteiger partial charge in [0.05, 0.1) is 6.61 Å². The summed E-state index contributed by atoms with van der Waals surface area (Å²) in [7, 11) is 0. The summed E-state index contributed by atoms with van der Waals surface area (Å²) in [5.41, 5.74) is 3.58. The predicted octanol–water partition coefficient (Wildman–Crippen LogP) is 4.65. The monoisotopic (exact) mass is 323 g/mol. The fourth-order valence-corrected chi connectivity index (χ4v) is 2.80. The van der Waals surface area contributed by atoms with Crippen LogP contribution < -0.4 is 9.64 Å². The van der Waals surface area contributed by atoms with Crippen molar-refractivity contribution in [1.29, 1.82) is 5.26 Å². The third-order valence-electron chi connectivity index (χ3n) is 3.84. The van der Waals surface area contributed by atoms with Gasteiger partial charge in [0.25, 0.3) is 0 Å². The molecule has 4 nitrogen and oxygen atoms in total. The van der Waals surface area contributed by atoms with Gasteiger partial charge in [0.15, 0.2) is 0 Å². The van der Waals surface area contributed by atoms with E-state index in [1.807, 2.05) is 13.0 Å². The van der Waals surface area contributed by atoms with E-state index in [4.69, 9.17) is 4.74 Å². The average molecular weight is 323 g/mol. The van der Waals surface area contributed by atoms with Crippen LogP contribution in [0.15, 0.2) is 36.5 Å². The predicted molar refractivity (Wildman–Crippen MR) is 98.4 cm³/mol. The Balaban J connectivity index is 2.34. The van der Waals surface area contributed by atoms with Crippen molar-refractivity contribution in [2.75, 3.05) is 24.6 Å². The molecule has 0 fully saturated rings. The second-order valence-electron chi connectivity index (χ2n) is 5.62. The lowest BCUT2D eigenvalue weighted by Crippen LogP contribution is -2.24. The van der Waals surface area contributed by atoms with Crippen molar-refractivity contribution >= 4 is 5.69 Å². The molecular formula is C20H25N3O. The molecule has 2 aromatic rings. The van der Waals surface area contributed by atoms with Gasteiger partial charge in [-0.05, 0) is 43.5 Å². The third-order valence-corrected chi connectivity index (χ3v) is 3.84. The Morgan fingerprint density at radius 2 is 1.71 bits per heavy atom. The van der Waals surface area contributed by atoms with E-state index in [9.17, 15) is 5.26 Å². The van der Waals surface area contributed by atoms with Crippen LogP contribution in [0.3, 0.4) is 0 Å². The lowest BCUT2D eigenvalue weighted by molar-refractivity contribution is 0.326. The molecule has 0 saturated carbocycles. The van der Waals surface area contributed by atoms with Crippen molar-refractivity contribution in [2.45, 2.75) is 33.6 Å². The quantitative estimate of drug-likeness (QED) is 0.710. The fraction of sp³-hybridized carbons (Fsp3) is 0.400. The summed E-state index contributed by atoms with van der Waals surface area (Å²) in [6.45, 7) is 8.89. The first-order valence-electron chi connectivity index (χ1n) is 8.62. The first-order valence-corrected chi connectivity index (χ1v) is 8.62. The van der Waals surface area contributed by atoms with E-state index in [0.717, 1.165) is 37.1 Å². The van der Waals surface area contributed by atoms with E-state index in [0.29, 0.717) is 18.1 Å². The normalized spacial score (nSPS) is 10.2. The summed E-state index contributed by atoms with van der Waals surface area (Å²) in [6.07, 6.45) is 3.94. The van der Waals surface area contributed by atoms with Gasteiger partial charge in [-0.25, -0.2) is 4.98 Å². The number of benzene rings is 1. The van der Waals surface area contributed by atoms with Gasteiger partial charge in [-0.1, -0.05) is 26.0 Å². The summed E-state index contributed by atoms with van der Waals surface area (Å²) in [4.78, 5) is 6.56. The van der Waals surface area contributed by atoms with Gasteiger partial charge in [0.1, 0.15) is 11.6 Å². The maximum absolute atomic E-state index is 9.49. The van der Waals surface area contributed by atoms with Gasteiger partial charge in [-0.15, -0.1) is 0 Å². The number of nitriles is 1. The maximum Gasteiger partial charge on any atom is 0.232 e. The molecule has 0 aliphatic carbocycles. The van der Waals surface area contributed by atoms with Gasteiger partial charge >= 0.3 is 0 Å². The number of anilines is 1. The molecule has 0 atom stereocenters. The van der Waals surface area contributed by atoms with E-state index in [1.54, 1.807) is 6.20 Å². The molecule has 0 unspecified atom stereocenters. The molecule has 0 saturated heterocycles. The second kappa shape index (κ2) is 8.93. The smallest absolute Gasteiger partial charge is 0.232 e. The van der Waals surface area contributed by atoms with Crippen LogP contribution in [0.2, 0.25) is 0 Å². The highest BCUT2D eigenvalue weighted by Gasteiger charge is 2.13. The average Bonchev–Trinajstić information content (AvgIpc) is 2.62. The molecule has 0 aliphatic rings. The van der Waals surface area contributed by atoms with E-state index in [1.165, 1.54) is 5.69 Å². The minimum Gasteiger partial charge on any atom is -0.477 e. The molecule has 4 heteroatoms. The van der Waals surface area contributed by atoms with Crippen LogP contribution in [0.1, 0.15) is 39.2 Å². The molecule has 0 amide bonds. The number of hydrogen-bond donors (Lipinski definition) is 0. The largest absolute Gasteiger partial charge is 0.477 e. The van der Waals surface area contributed by atoms with Crippen molar-refractivity contribution in [2.24, 2.45) is 0 Å². The van der Waals surface area contributed by atoms with Gasteiger partial charge in [0, 0.05) is 30.5 Å². The molecule has 0 N–H and O–H groups in total. The minimum atomic E-state index is 0.403. The number of hydrogen-bond acceptors (Lipinski definition) is 4. The molecule has 1 aromatic heterocycles. The Bertz CT molecular complexity index is 683. The number of ether oxygens (including phenoxy) is 1. The summed E-state index contributed by atoms with van der Waals surface area (Å²) < 4.78 is 5.47. The van der Waals surface area contributed by atoms with Crippen molar-refractivity contribution in [3.05, 3.63) is 42.1 Å². The summed E-state index contributed by atoms with van der Waals surface area (Å²) in [5.74, 6) is 0.403. The summed E-state index contributed by atoms with van der Waals surface area (Å²) >= 11 is 0. The number of rotatable bonds is 8. The molecule has 126 valence electrons. The molecule has 0 bridgehead atoms. The Kier molecular flexibility index (Phi) is 6.62. The minimum absolute atomic E-state index is 0.403. The molecular weight excluding hydrogens is 298 g/mol. The highest BCUT2D eigenvalue weighted by atomic mass is 16.5. The van der Waals surface area contributed by atoms with Crippen LogP contribution in [0.4, 0.5) is 5.69 Å². The zero-order valence-electron chi connectivity index (χ0n) is 14.7. The summed E-state index contributed by atoms with van der Waals surface area (Å²) in [5, 5.41) is 9.49. The van der Waals surface area contributed by atoms with Crippen molar-refractivity contribution < 1.29 is 4.74 Å². The highest BCUT2D eigenvalue weighted by molar-refractivity contribution is 5.73. The van der Waals surface area contributed by atoms with Gasteiger partial charge < -0.3 is 9.64 Å². The van der Waals surface area contributed by atoms with E-state index in [-0.39, 0.29) is 0 Å². The second-order valence-corrected chi connectivity index (χ2v) is 5.62.